The summed E-state index contributed by atoms with van der Waals surface area (Å²) in [7, 11) is -3.71. The average molecular weight is 293 g/mol. The van der Waals surface area contributed by atoms with Gasteiger partial charge in [0.15, 0.2) is 0 Å². The van der Waals surface area contributed by atoms with E-state index in [4.69, 9.17) is 0 Å². The Morgan fingerprint density at radius 2 is 1.95 bits per heavy atom. The fourth-order valence-electron chi connectivity index (χ4n) is 1.92. The smallest absolute Gasteiger partial charge is 0.306 e. The zero-order valence-corrected chi connectivity index (χ0v) is 11.2. The molecule has 4 N–H and O–H groups in total. The van der Waals surface area contributed by atoms with E-state index in [1.807, 2.05) is 0 Å². The van der Waals surface area contributed by atoms with Gasteiger partial charge in [0.25, 0.3) is 10.0 Å². The number of aromatic amines is 3. The fourth-order valence-corrected chi connectivity index (χ4v) is 3.10. The van der Waals surface area contributed by atoms with Crippen LogP contribution in [0.1, 0.15) is 5.69 Å². The van der Waals surface area contributed by atoms with Crippen LogP contribution >= 0.6 is 0 Å². The zero-order chi connectivity index (χ0) is 14.3. The highest BCUT2D eigenvalue weighted by molar-refractivity contribution is 7.92. The summed E-state index contributed by atoms with van der Waals surface area (Å²) >= 11 is 0. The third-order valence-electron chi connectivity index (χ3n) is 2.84. The van der Waals surface area contributed by atoms with Crippen molar-refractivity contribution in [2.45, 2.75) is 11.8 Å². The van der Waals surface area contributed by atoms with Crippen LogP contribution in [0.2, 0.25) is 0 Å². The highest BCUT2D eigenvalue weighted by Gasteiger charge is 2.18. The maximum absolute atomic E-state index is 12.2. The molecule has 0 fully saturated rings. The molecule has 0 saturated heterocycles. The number of H-pyrrole nitrogens is 3. The van der Waals surface area contributed by atoms with E-state index in [1.54, 1.807) is 25.1 Å². The maximum Gasteiger partial charge on any atom is 0.323 e. The van der Waals surface area contributed by atoms with Gasteiger partial charge in [0.05, 0.1) is 28.6 Å². The van der Waals surface area contributed by atoms with Gasteiger partial charge in [-0.15, -0.1) is 0 Å². The van der Waals surface area contributed by atoms with Gasteiger partial charge in [-0.05, 0) is 25.1 Å². The number of anilines is 1. The Morgan fingerprint density at radius 3 is 2.65 bits per heavy atom. The predicted molar refractivity (Wildman–Crippen MR) is 73.1 cm³/mol. The zero-order valence-electron chi connectivity index (χ0n) is 10.4. The fraction of sp³-hybridized carbons (Fsp3) is 0.0909. The summed E-state index contributed by atoms with van der Waals surface area (Å²) in [5.41, 5.74) is 1.60. The lowest BCUT2D eigenvalue weighted by molar-refractivity contribution is 0.600. The number of sulfonamides is 1. The minimum atomic E-state index is -3.71. The van der Waals surface area contributed by atoms with Crippen LogP contribution in [-0.4, -0.2) is 28.6 Å². The summed E-state index contributed by atoms with van der Waals surface area (Å²) in [6.07, 6.45) is 1.24. The minimum absolute atomic E-state index is 0.0835. The molecular weight excluding hydrogens is 282 g/mol. The highest BCUT2D eigenvalue weighted by atomic mass is 32.2. The van der Waals surface area contributed by atoms with Crippen molar-refractivity contribution in [3.63, 3.8) is 0 Å². The molecule has 3 rings (SSSR count). The van der Waals surface area contributed by atoms with E-state index in [1.165, 1.54) is 6.20 Å². The SMILES string of the molecule is Cc1[nH]ncc1S(=O)(=O)Nc1ccc2[nH]c(=O)[nH]c2c1. The van der Waals surface area contributed by atoms with Gasteiger partial charge in [-0.2, -0.15) is 5.10 Å². The normalized spacial score (nSPS) is 11.8. The topological polar surface area (TPSA) is 123 Å². The Labute approximate surface area is 113 Å². The lowest BCUT2D eigenvalue weighted by atomic mass is 10.3. The Morgan fingerprint density at radius 1 is 1.20 bits per heavy atom. The van der Waals surface area contributed by atoms with Crippen molar-refractivity contribution in [2.24, 2.45) is 0 Å². The van der Waals surface area contributed by atoms with Crippen molar-refractivity contribution in [1.82, 2.24) is 20.2 Å². The molecular formula is C11H11N5O3S. The van der Waals surface area contributed by atoms with Crippen molar-refractivity contribution in [3.8, 4) is 0 Å². The Bertz CT molecular complexity index is 934. The molecule has 0 spiro atoms. The highest BCUT2D eigenvalue weighted by Crippen LogP contribution is 2.20. The number of aryl methyl sites for hydroxylation is 1. The first kappa shape index (κ1) is 12.5. The number of aromatic nitrogens is 4. The molecule has 2 aromatic heterocycles. The van der Waals surface area contributed by atoms with Crippen LogP contribution in [0.5, 0.6) is 0 Å². The van der Waals surface area contributed by atoms with Gasteiger partial charge >= 0.3 is 5.69 Å². The van der Waals surface area contributed by atoms with Gasteiger partial charge < -0.3 is 9.97 Å². The minimum Gasteiger partial charge on any atom is -0.306 e. The van der Waals surface area contributed by atoms with E-state index in [-0.39, 0.29) is 10.6 Å². The van der Waals surface area contributed by atoms with Crippen LogP contribution in [-0.2, 0) is 10.0 Å². The molecule has 0 radical (unpaired) electrons. The van der Waals surface area contributed by atoms with E-state index in [9.17, 15) is 13.2 Å². The van der Waals surface area contributed by atoms with Crippen molar-refractivity contribution in [2.75, 3.05) is 4.72 Å². The quantitative estimate of drug-likeness (QED) is 0.567. The van der Waals surface area contributed by atoms with Crippen LogP contribution in [0.25, 0.3) is 11.0 Å². The molecule has 20 heavy (non-hydrogen) atoms. The molecule has 0 aliphatic heterocycles. The monoisotopic (exact) mass is 293 g/mol. The molecule has 1 aromatic carbocycles. The second-order valence-electron chi connectivity index (χ2n) is 4.30. The van der Waals surface area contributed by atoms with Crippen LogP contribution in [0.4, 0.5) is 5.69 Å². The molecule has 2 heterocycles. The average Bonchev–Trinajstić information content (AvgIpc) is 2.93. The van der Waals surface area contributed by atoms with Crippen LogP contribution < -0.4 is 10.4 Å². The van der Waals surface area contributed by atoms with Gasteiger partial charge in [-0.25, -0.2) is 13.2 Å². The largest absolute Gasteiger partial charge is 0.323 e. The summed E-state index contributed by atoms with van der Waals surface area (Å²) in [5, 5.41) is 6.26. The van der Waals surface area contributed by atoms with E-state index >= 15 is 0 Å². The first-order valence-electron chi connectivity index (χ1n) is 5.70. The number of fused-ring (bicyclic) bond motifs is 1. The van der Waals surface area contributed by atoms with Gasteiger partial charge in [0.1, 0.15) is 4.90 Å². The second-order valence-corrected chi connectivity index (χ2v) is 5.96. The third kappa shape index (κ3) is 2.07. The number of imidazole rings is 1. The Kier molecular flexibility index (Phi) is 2.64. The summed E-state index contributed by atoms with van der Waals surface area (Å²) < 4.78 is 26.8. The molecule has 0 amide bonds. The predicted octanol–water partition coefficient (Wildman–Crippen LogP) is 0.689. The van der Waals surface area contributed by atoms with E-state index in [2.05, 4.69) is 24.9 Å². The maximum atomic E-state index is 12.2. The number of benzene rings is 1. The van der Waals surface area contributed by atoms with E-state index in [0.29, 0.717) is 22.4 Å². The van der Waals surface area contributed by atoms with Crippen LogP contribution in [0, 0.1) is 6.92 Å². The van der Waals surface area contributed by atoms with Gasteiger partial charge in [0, 0.05) is 0 Å². The van der Waals surface area contributed by atoms with Crippen molar-refractivity contribution in [3.05, 3.63) is 40.6 Å². The van der Waals surface area contributed by atoms with Gasteiger partial charge in [-0.3, -0.25) is 9.82 Å². The molecule has 0 atom stereocenters. The third-order valence-corrected chi connectivity index (χ3v) is 4.34. The Hall–Kier alpha value is -2.55. The first-order valence-corrected chi connectivity index (χ1v) is 7.19. The van der Waals surface area contributed by atoms with Crippen molar-refractivity contribution in [1.29, 1.82) is 0 Å². The van der Waals surface area contributed by atoms with Gasteiger partial charge in [0.2, 0.25) is 0 Å². The lowest BCUT2D eigenvalue weighted by Gasteiger charge is -2.06. The van der Waals surface area contributed by atoms with Crippen molar-refractivity contribution < 1.29 is 8.42 Å². The molecule has 0 bridgehead atoms. The molecule has 0 aliphatic rings. The molecule has 8 nitrogen and oxygen atoms in total. The molecule has 0 saturated carbocycles. The first-order chi connectivity index (χ1) is 9.45. The Balaban J connectivity index is 2.00. The summed E-state index contributed by atoms with van der Waals surface area (Å²) in [6, 6.07) is 4.73. The van der Waals surface area contributed by atoms with E-state index in [0.717, 1.165) is 0 Å². The van der Waals surface area contributed by atoms with E-state index < -0.39 is 10.0 Å². The summed E-state index contributed by atoms with van der Waals surface area (Å²) in [6.45, 7) is 1.62. The molecule has 104 valence electrons. The number of hydrogen-bond acceptors (Lipinski definition) is 4. The molecule has 0 aliphatic carbocycles. The summed E-state index contributed by atoms with van der Waals surface area (Å²) in [4.78, 5) is 16.4. The molecule has 3 aromatic rings. The lowest BCUT2D eigenvalue weighted by Crippen LogP contribution is -2.13. The number of rotatable bonds is 3. The number of hydrogen-bond donors (Lipinski definition) is 4. The molecule has 0 unspecified atom stereocenters. The number of nitrogens with zero attached hydrogens (tertiary/aromatic N) is 1. The second kappa shape index (κ2) is 4.23. The number of nitrogens with one attached hydrogen (secondary N) is 4. The van der Waals surface area contributed by atoms with Gasteiger partial charge in [-0.1, -0.05) is 0 Å². The van der Waals surface area contributed by atoms with Crippen LogP contribution in [0.3, 0.4) is 0 Å². The van der Waals surface area contributed by atoms with Crippen LogP contribution in [0.15, 0.2) is 34.1 Å². The standard InChI is InChI=1S/C11H11N5O3S/c1-6-10(5-12-15-6)20(18,19)16-7-2-3-8-9(4-7)14-11(17)13-8/h2-5,16H,1H3,(H,12,15)(H2,13,14,17). The van der Waals surface area contributed by atoms with Crippen molar-refractivity contribution >= 4 is 26.7 Å². The summed E-state index contributed by atoms with van der Waals surface area (Å²) in [5.74, 6) is 0. The molecule has 9 heteroatoms.